The molecule has 0 radical (unpaired) electrons. The molecule has 1 aromatic rings. The molecule has 0 bridgehead atoms. The molecule has 1 rings (SSSR count). The van der Waals surface area contributed by atoms with Crippen LogP contribution in [0.2, 0.25) is 0 Å². The molecule has 0 saturated carbocycles. The predicted octanol–water partition coefficient (Wildman–Crippen LogP) is 2.42. The summed E-state index contributed by atoms with van der Waals surface area (Å²) in [6.07, 6.45) is -2.98. The molecule has 0 saturated heterocycles. The first-order valence-electron chi connectivity index (χ1n) is 3.91. The van der Waals surface area contributed by atoms with Gasteiger partial charge in [-0.3, -0.25) is 10.1 Å². The first-order chi connectivity index (χ1) is 6.93. The van der Waals surface area contributed by atoms with E-state index in [2.05, 4.69) is 0 Å². The van der Waals surface area contributed by atoms with Crippen LogP contribution in [0.5, 0.6) is 0 Å². The summed E-state index contributed by atoms with van der Waals surface area (Å²) >= 11 is 0. The minimum absolute atomic E-state index is 0. The van der Waals surface area contributed by atoms with Gasteiger partial charge in [-0.05, 0) is 12.1 Å². The van der Waals surface area contributed by atoms with Gasteiger partial charge in [-0.25, -0.2) is 13.2 Å². The van der Waals surface area contributed by atoms with Gasteiger partial charge in [-0.2, -0.15) is 0 Å². The third kappa shape index (κ3) is 3.07. The molecule has 90 valence electrons. The van der Waals surface area contributed by atoms with Gasteiger partial charge in [-0.1, -0.05) is 0 Å². The first-order valence-corrected chi connectivity index (χ1v) is 3.91. The minimum Gasteiger partial charge on any atom is -0.319 e. The van der Waals surface area contributed by atoms with Crippen molar-refractivity contribution in [2.24, 2.45) is 5.73 Å². The molecule has 2 N–H and O–H groups in total. The van der Waals surface area contributed by atoms with Crippen molar-refractivity contribution in [2.45, 2.75) is 12.5 Å². The Balaban J connectivity index is 0.00000225. The summed E-state index contributed by atoms with van der Waals surface area (Å²) in [6.45, 7) is 0. The topological polar surface area (TPSA) is 69.2 Å². The molecule has 0 spiro atoms. The molecule has 0 heterocycles. The zero-order chi connectivity index (χ0) is 11.6. The lowest BCUT2D eigenvalue weighted by atomic mass is 10.1. The molecular formula is C8H8ClF3N2O2. The van der Waals surface area contributed by atoms with Gasteiger partial charge >= 0.3 is 0 Å². The van der Waals surface area contributed by atoms with Crippen molar-refractivity contribution >= 4 is 18.1 Å². The standard InChI is InChI=1S/C8H7F3N2O2.ClH/c9-4-1-2-6(13(14)15)5(3-4)7(12)8(10)11;/h1-3,7-8H,12H2;1H/t7-;/m1./s1. The Morgan fingerprint density at radius 3 is 2.38 bits per heavy atom. The van der Waals surface area contributed by atoms with E-state index in [9.17, 15) is 23.3 Å². The highest BCUT2D eigenvalue weighted by atomic mass is 35.5. The summed E-state index contributed by atoms with van der Waals surface area (Å²) in [4.78, 5) is 9.56. The van der Waals surface area contributed by atoms with Crippen LogP contribution in [0.25, 0.3) is 0 Å². The van der Waals surface area contributed by atoms with E-state index in [0.29, 0.717) is 6.07 Å². The fraction of sp³-hybridized carbons (Fsp3) is 0.250. The SMILES string of the molecule is Cl.N[C@H](c1cc(F)ccc1[N+](=O)[O-])C(F)F. The van der Waals surface area contributed by atoms with Crippen molar-refractivity contribution in [2.75, 3.05) is 0 Å². The highest BCUT2D eigenvalue weighted by molar-refractivity contribution is 5.85. The normalized spacial score (nSPS) is 12.1. The number of rotatable bonds is 3. The summed E-state index contributed by atoms with van der Waals surface area (Å²) in [5.41, 5.74) is 3.91. The summed E-state index contributed by atoms with van der Waals surface area (Å²) in [5.74, 6) is -0.841. The van der Waals surface area contributed by atoms with E-state index in [1.165, 1.54) is 0 Å². The predicted molar refractivity (Wildman–Crippen MR) is 53.2 cm³/mol. The van der Waals surface area contributed by atoms with Crippen LogP contribution < -0.4 is 5.73 Å². The smallest absolute Gasteiger partial charge is 0.274 e. The second-order valence-corrected chi connectivity index (χ2v) is 2.82. The fourth-order valence-electron chi connectivity index (χ4n) is 1.09. The van der Waals surface area contributed by atoms with E-state index in [1.54, 1.807) is 0 Å². The largest absolute Gasteiger partial charge is 0.319 e. The molecule has 4 nitrogen and oxygen atoms in total. The Bertz CT molecular complexity index is 390. The lowest BCUT2D eigenvalue weighted by Crippen LogP contribution is -2.20. The summed E-state index contributed by atoms with van der Waals surface area (Å²) < 4.78 is 37.1. The highest BCUT2D eigenvalue weighted by Crippen LogP contribution is 2.27. The van der Waals surface area contributed by atoms with Gasteiger partial charge in [0, 0.05) is 6.07 Å². The second-order valence-electron chi connectivity index (χ2n) is 2.82. The van der Waals surface area contributed by atoms with Crippen molar-refractivity contribution in [3.05, 3.63) is 39.7 Å². The zero-order valence-corrected chi connectivity index (χ0v) is 8.59. The Labute approximate surface area is 94.8 Å². The monoisotopic (exact) mass is 256 g/mol. The Kier molecular flexibility index (Phi) is 5.19. The molecule has 0 fully saturated rings. The molecule has 0 aliphatic carbocycles. The molecule has 0 aliphatic heterocycles. The van der Waals surface area contributed by atoms with Crippen molar-refractivity contribution in [1.82, 2.24) is 0 Å². The molecule has 0 aromatic heterocycles. The number of benzene rings is 1. The number of nitrogens with two attached hydrogens (primary N) is 1. The first kappa shape index (κ1) is 14.7. The molecule has 8 heteroatoms. The Hall–Kier alpha value is -1.34. The molecule has 0 aliphatic rings. The van der Waals surface area contributed by atoms with Crippen molar-refractivity contribution in [3.63, 3.8) is 0 Å². The van der Waals surface area contributed by atoms with Gasteiger partial charge in [0.1, 0.15) is 5.82 Å². The maximum atomic E-state index is 12.7. The summed E-state index contributed by atoms with van der Waals surface area (Å²) in [5, 5.41) is 10.4. The summed E-state index contributed by atoms with van der Waals surface area (Å²) in [6, 6.07) is 0.419. The van der Waals surface area contributed by atoms with E-state index in [-0.39, 0.29) is 12.4 Å². The maximum Gasteiger partial charge on any atom is 0.274 e. The van der Waals surface area contributed by atoms with E-state index in [1.807, 2.05) is 0 Å². The lowest BCUT2D eigenvalue weighted by molar-refractivity contribution is -0.385. The average molecular weight is 257 g/mol. The molecule has 0 amide bonds. The molecule has 1 aromatic carbocycles. The summed E-state index contributed by atoms with van der Waals surface area (Å²) in [7, 11) is 0. The average Bonchev–Trinajstić information content (AvgIpc) is 2.15. The van der Waals surface area contributed by atoms with E-state index in [4.69, 9.17) is 5.73 Å². The van der Waals surface area contributed by atoms with Gasteiger partial charge in [0.15, 0.2) is 0 Å². The highest BCUT2D eigenvalue weighted by Gasteiger charge is 2.26. The van der Waals surface area contributed by atoms with Crippen LogP contribution in [-0.4, -0.2) is 11.3 Å². The Morgan fingerprint density at radius 1 is 1.38 bits per heavy atom. The number of alkyl halides is 2. The van der Waals surface area contributed by atoms with Crippen molar-refractivity contribution in [3.8, 4) is 0 Å². The number of nitrogens with zero attached hydrogens (tertiary/aromatic N) is 1. The van der Waals surface area contributed by atoms with Crippen LogP contribution in [0.3, 0.4) is 0 Å². The van der Waals surface area contributed by atoms with Gasteiger partial charge in [0.2, 0.25) is 0 Å². The number of nitro benzene ring substituents is 1. The van der Waals surface area contributed by atoms with E-state index < -0.39 is 34.5 Å². The maximum absolute atomic E-state index is 12.7. The Morgan fingerprint density at radius 2 is 1.94 bits per heavy atom. The molecule has 16 heavy (non-hydrogen) atoms. The van der Waals surface area contributed by atoms with Crippen molar-refractivity contribution in [1.29, 1.82) is 0 Å². The van der Waals surface area contributed by atoms with Crippen molar-refractivity contribution < 1.29 is 18.1 Å². The van der Waals surface area contributed by atoms with Crippen LogP contribution in [0, 0.1) is 15.9 Å². The molecule has 0 unspecified atom stereocenters. The van der Waals surface area contributed by atoms with Crippen LogP contribution in [-0.2, 0) is 0 Å². The zero-order valence-electron chi connectivity index (χ0n) is 7.77. The van der Waals surface area contributed by atoms with Gasteiger partial charge in [0.25, 0.3) is 12.1 Å². The number of halogens is 4. The van der Waals surface area contributed by atoms with Crippen LogP contribution in [0.15, 0.2) is 18.2 Å². The third-order valence-corrected chi connectivity index (χ3v) is 1.82. The van der Waals surface area contributed by atoms with Crippen LogP contribution in [0.4, 0.5) is 18.9 Å². The van der Waals surface area contributed by atoms with Crippen LogP contribution in [0.1, 0.15) is 11.6 Å². The fourth-order valence-corrected chi connectivity index (χ4v) is 1.09. The van der Waals surface area contributed by atoms with E-state index in [0.717, 1.165) is 12.1 Å². The number of nitro groups is 1. The quantitative estimate of drug-likeness (QED) is 0.667. The third-order valence-electron chi connectivity index (χ3n) is 1.82. The molecular weight excluding hydrogens is 249 g/mol. The minimum atomic E-state index is -2.98. The van der Waals surface area contributed by atoms with Crippen LogP contribution >= 0.6 is 12.4 Å². The van der Waals surface area contributed by atoms with Gasteiger partial charge in [-0.15, -0.1) is 12.4 Å². The second kappa shape index (κ2) is 5.66. The van der Waals surface area contributed by atoms with Gasteiger partial charge in [0.05, 0.1) is 16.5 Å². The van der Waals surface area contributed by atoms with Gasteiger partial charge < -0.3 is 5.73 Å². The van der Waals surface area contributed by atoms with E-state index >= 15 is 0 Å². The lowest BCUT2D eigenvalue weighted by Gasteiger charge is -2.10. The number of hydrogen-bond donors (Lipinski definition) is 1. The number of hydrogen-bond acceptors (Lipinski definition) is 3. The molecule has 1 atom stereocenters.